The van der Waals surface area contributed by atoms with Gasteiger partial charge in [-0.15, -0.1) is 0 Å². The minimum Gasteiger partial charge on any atom is -0.496 e. The third-order valence-corrected chi connectivity index (χ3v) is 4.41. The summed E-state index contributed by atoms with van der Waals surface area (Å²) in [6.07, 6.45) is 4.37. The van der Waals surface area contributed by atoms with Crippen LogP contribution in [0.4, 0.5) is 5.82 Å². The van der Waals surface area contributed by atoms with Crippen molar-refractivity contribution in [1.29, 1.82) is 0 Å². The quantitative estimate of drug-likeness (QED) is 0.744. The maximum Gasteiger partial charge on any atom is 0.165 e. The van der Waals surface area contributed by atoms with Crippen LogP contribution in [0.5, 0.6) is 5.75 Å². The molecule has 23 heavy (non-hydrogen) atoms. The molecule has 0 spiro atoms. The van der Waals surface area contributed by atoms with Gasteiger partial charge in [-0.05, 0) is 25.8 Å². The van der Waals surface area contributed by atoms with E-state index in [-0.39, 0.29) is 0 Å². The van der Waals surface area contributed by atoms with Crippen LogP contribution in [0, 0.1) is 6.92 Å². The van der Waals surface area contributed by atoms with Crippen LogP contribution in [-0.2, 0) is 0 Å². The molecule has 4 rings (SSSR count). The fourth-order valence-corrected chi connectivity index (χ4v) is 3.29. The number of nitrogens with zero attached hydrogens (tertiary/aromatic N) is 4. The van der Waals surface area contributed by atoms with E-state index in [1.165, 1.54) is 12.8 Å². The first-order valence-electron chi connectivity index (χ1n) is 8.01. The third-order valence-electron chi connectivity index (χ3n) is 4.41. The van der Waals surface area contributed by atoms with Crippen molar-refractivity contribution in [1.82, 2.24) is 14.6 Å². The fraction of sp³-hybridized carbons (Fsp3) is 0.333. The lowest BCUT2D eigenvalue weighted by molar-refractivity contribution is 0.416. The molecule has 0 radical (unpaired) electrons. The van der Waals surface area contributed by atoms with Crippen LogP contribution in [-0.4, -0.2) is 34.8 Å². The van der Waals surface area contributed by atoms with Gasteiger partial charge in [0.2, 0.25) is 0 Å². The molecule has 1 saturated heterocycles. The van der Waals surface area contributed by atoms with Crippen molar-refractivity contribution in [2.24, 2.45) is 0 Å². The number of rotatable bonds is 3. The van der Waals surface area contributed by atoms with E-state index < -0.39 is 0 Å². The van der Waals surface area contributed by atoms with Crippen molar-refractivity contribution in [3.05, 3.63) is 42.2 Å². The highest BCUT2D eigenvalue weighted by Gasteiger charge is 2.19. The summed E-state index contributed by atoms with van der Waals surface area (Å²) in [6.45, 7) is 4.21. The highest BCUT2D eigenvalue weighted by Crippen LogP contribution is 2.33. The normalized spacial score (nSPS) is 14.6. The zero-order valence-electron chi connectivity index (χ0n) is 13.5. The number of para-hydroxylation sites is 1. The Morgan fingerprint density at radius 2 is 1.87 bits per heavy atom. The predicted octanol–water partition coefficient (Wildman–Crippen LogP) is 3.31. The zero-order chi connectivity index (χ0) is 15.8. The minimum absolute atomic E-state index is 0.841. The molecule has 5 nitrogen and oxygen atoms in total. The van der Waals surface area contributed by atoms with Crippen molar-refractivity contribution in [2.45, 2.75) is 19.8 Å². The average Bonchev–Trinajstić information content (AvgIpc) is 3.23. The summed E-state index contributed by atoms with van der Waals surface area (Å²) in [7, 11) is 1.69. The Kier molecular flexibility index (Phi) is 3.41. The molecule has 1 aliphatic rings. The molecule has 118 valence electrons. The highest BCUT2D eigenvalue weighted by molar-refractivity contribution is 5.82. The van der Waals surface area contributed by atoms with Crippen LogP contribution in [0.2, 0.25) is 0 Å². The van der Waals surface area contributed by atoms with Gasteiger partial charge in [0.25, 0.3) is 0 Å². The molecule has 3 heterocycles. The smallest absolute Gasteiger partial charge is 0.165 e. The van der Waals surface area contributed by atoms with Crippen molar-refractivity contribution < 1.29 is 4.74 Å². The molecule has 0 saturated carbocycles. The number of anilines is 1. The van der Waals surface area contributed by atoms with Gasteiger partial charge < -0.3 is 9.64 Å². The molecule has 0 atom stereocenters. The fourth-order valence-electron chi connectivity index (χ4n) is 3.29. The molecule has 2 aromatic heterocycles. The molecule has 0 N–H and O–H groups in total. The summed E-state index contributed by atoms with van der Waals surface area (Å²) >= 11 is 0. The van der Waals surface area contributed by atoms with Crippen LogP contribution in [0.3, 0.4) is 0 Å². The van der Waals surface area contributed by atoms with Crippen LogP contribution >= 0.6 is 0 Å². The molecule has 0 unspecified atom stereocenters. The Bertz CT molecular complexity index is 849. The lowest BCUT2D eigenvalue weighted by Crippen LogP contribution is -2.21. The van der Waals surface area contributed by atoms with Crippen molar-refractivity contribution in [3.8, 4) is 16.9 Å². The van der Waals surface area contributed by atoms with Crippen LogP contribution < -0.4 is 9.64 Å². The average molecular weight is 308 g/mol. The Labute approximate surface area is 135 Å². The van der Waals surface area contributed by atoms with E-state index in [0.29, 0.717) is 0 Å². The van der Waals surface area contributed by atoms with E-state index in [1.807, 2.05) is 35.8 Å². The maximum absolute atomic E-state index is 5.50. The second-order valence-corrected chi connectivity index (χ2v) is 5.94. The van der Waals surface area contributed by atoms with Gasteiger partial charge >= 0.3 is 0 Å². The number of fused-ring (bicyclic) bond motifs is 1. The molecule has 0 bridgehead atoms. The van der Waals surface area contributed by atoms with E-state index in [9.17, 15) is 0 Å². The van der Waals surface area contributed by atoms with Crippen LogP contribution in [0.1, 0.15) is 18.5 Å². The van der Waals surface area contributed by atoms with E-state index in [1.54, 1.807) is 7.11 Å². The van der Waals surface area contributed by atoms with Crippen molar-refractivity contribution in [2.75, 3.05) is 25.1 Å². The maximum atomic E-state index is 5.50. The third kappa shape index (κ3) is 2.32. The monoisotopic (exact) mass is 308 g/mol. The molecule has 1 fully saturated rings. The molecular weight excluding hydrogens is 288 g/mol. The number of aryl methyl sites for hydroxylation is 1. The SMILES string of the molecule is COc1ccccc1-c1cnn2c(N3CCCC3)cc(C)nc12. The summed E-state index contributed by atoms with van der Waals surface area (Å²) in [4.78, 5) is 7.13. The summed E-state index contributed by atoms with van der Waals surface area (Å²) in [5.41, 5.74) is 3.93. The van der Waals surface area contributed by atoms with Crippen molar-refractivity contribution in [3.63, 3.8) is 0 Å². The van der Waals surface area contributed by atoms with E-state index in [4.69, 9.17) is 9.72 Å². The van der Waals surface area contributed by atoms with Gasteiger partial charge in [0, 0.05) is 30.4 Å². The Morgan fingerprint density at radius 1 is 1.09 bits per heavy atom. The standard InChI is InChI=1S/C18H20N4O/c1-13-11-17(21-9-5-6-10-21)22-18(20-13)15(12-19-22)14-7-3-4-8-16(14)23-2/h3-4,7-8,11-12H,5-6,9-10H2,1-2H3. The first-order valence-corrected chi connectivity index (χ1v) is 8.01. The summed E-state index contributed by atoms with van der Waals surface area (Å²) < 4.78 is 7.46. The van der Waals surface area contributed by atoms with Crippen LogP contribution in [0.25, 0.3) is 16.8 Å². The van der Waals surface area contributed by atoms with E-state index in [0.717, 1.165) is 47.1 Å². The van der Waals surface area contributed by atoms with E-state index >= 15 is 0 Å². The van der Waals surface area contributed by atoms with E-state index in [2.05, 4.69) is 22.1 Å². The number of methoxy groups -OCH3 is 1. The molecule has 1 aliphatic heterocycles. The zero-order valence-corrected chi connectivity index (χ0v) is 13.5. The number of aromatic nitrogens is 3. The number of hydrogen-bond donors (Lipinski definition) is 0. The molecule has 1 aromatic carbocycles. The number of hydrogen-bond acceptors (Lipinski definition) is 4. The second-order valence-electron chi connectivity index (χ2n) is 5.94. The second kappa shape index (κ2) is 5.57. The first kappa shape index (κ1) is 14.1. The minimum atomic E-state index is 0.841. The van der Waals surface area contributed by atoms with Gasteiger partial charge in [0.15, 0.2) is 5.65 Å². The van der Waals surface area contributed by atoms with Gasteiger partial charge in [0.05, 0.1) is 18.9 Å². The highest BCUT2D eigenvalue weighted by atomic mass is 16.5. The van der Waals surface area contributed by atoms with Crippen molar-refractivity contribution >= 4 is 11.5 Å². The molecule has 3 aromatic rings. The first-order chi connectivity index (χ1) is 11.3. The van der Waals surface area contributed by atoms with Crippen LogP contribution in [0.15, 0.2) is 36.5 Å². The Hall–Kier alpha value is -2.56. The van der Waals surface area contributed by atoms with Gasteiger partial charge in [-0.1, -0.05) is 18.2 Å². The van der Waals surface area contributed by atoms with Gasteiger partial charge in [-0.25, -0.2) is 4.98 Å². The van der Waals surface area contributed by atoms with Gasteiger partial charge in [0.1, 0.15) is 11.6 Å². The molecular formula is C18H20N4O. The molecule has 5 heteroatoms. The number of ether oxygens (including phenoxy) is 1. The van der Waals surface area contributed by atoms with Gasteiger partial charge in [-0.2, -0.15) is 9.61 Å². The topological polar surface area (TPSA) is 42.7 Å². The lowest BCUT2D eigenvalue weighted by atomic mass is 10.1. The molecule has 0 amide bonds. The Morgan fingerprint density at radius 3 is 2.65 bits per heavy atom. The Balaban J connectivity index is 1.93. The van der Waals surface area contributed by atoms with Gasteiger partial charge in [-0.3, -0.25) is 0 Å². The largest absolute Gasteiger partial charge is 0.496 e. The lowest BCUT2D eigenvalue weighted by Gasteiger charge is -2.19. The summed E-state index contributed by atoms with van der Waals surface area (Å²) in [5, 5.41) is 4.61. The summed E-state index contributed by atoms with van der Waals surface area (Å²) in [6, 6.07) is 10.1. The predicted molar refractivity (Wildman–Crippen MR) is 91.2 cm³/mol. The summed E-state index contributed by atoms with van der Waals surface area (Å²) in [5.74, 6) is 1.97. The molecule has 0 aliphatic carbocycles. The number of benzene rings is 1.